The summed E-state index contributed by atoms with van der Waals surface area (Å²) in [6, 6.07) is 4.44. The largest absolute Gasteiger partial charge is 0.416 e. The molecule has 5 nitrogen and oxygen atoms in total. The lowest BCUT2D eigenvalue weighted by molar-refractivity contribution is -0.137. The summed E-state index contributed by atoms with van der Waals surface area (Å²) in [5, 5.41) is 5.58. The Hall–Kier alpha value is -2.32. The molecule has 1 heterocycles. The highest BCUT2D eigenvalue weighted by Gasteiger charge is 2.31. The van der Waals surface area contributed by atoms with Crippen LogP contribution in [0.25, 0.3) is 0 Å². The number of benzene rings is 1. The highest BCUT2D eigenvalue weighted by Crippen LogP contribution is 2.34. The number of nitrogens with zero attached hydrogens (tertiary/aromatic N) is 1. The van der Waals surface area contributed by atoms with Gasteiger partial charge in [-0.1, -0.05) is 11.6 Å². The number of amides is 1. The molecule has 0 bridgehead atoms. The molecule has 1 aromatic carbocycles. The van der Waals surface area contributed by atoms with E-state index in [-0.39, 0.29) is 22.2 Å². The van der Waals surface area contributed by atoms with E-state index in [4.69, 9.17) is 16.3 Å². The van der Waals surface area contributed by atoms with Gasteiger partial charge in [0.2, 0.25) is 0 Å². The SMILES string of the molecule is COCCCNC(=O)c1cncc(Nc2cc(C(F)(F)F)ccc2Cl)c1. The van der Waals surface area contributed by atoms with Crippen LogP contribution in [0.1, 0.15) is 22.3 Å². The summed E-state index contributed by atoms with van der Waals surface area (Å²) >= 11 is 5.96. The molecular weight excluding hydrogens is 371 g/mol. The first-order valence-electron chi connectivity index (χ1n) is 7.67. The van der Waals surface area contributed by atoms with Gasteiger partial charge in [0.15, 0.2) is 0 Å². The van der Waals surface area contributed by atoms with E-state index in [1.165, 1.54) is 18.5 Å². The van der Waals surface area contributed by atoms with Crippen molar-refractivity contribution in [1.82, 2.24) is 10.3 Å². The quantitative estimate of drug-likeness (QED) is 0.697. The standard InChI is InChI=1S/C17H17ClF3N3O2/c1-26-6-2-5-23-16(25)11-7-13(10-22-9-11)24-15-8-12(17(19,20)21)3-4-14(15)18/h3-4,7-10,24H,2,5-6H2,1H3,(H,23,25). The maximum atomic E-state index is 12.8. The second kappa shape index (κ2) is 8.86. The topological polar surface area (TPSA) is 63.2 Å². The molecule has 0 radical (unpaired) electrons. The average Bonchev–Trinajstić information content (AvgIpc) is 2.60. The second-order valence-corrected chi connectivity index (χ2v) is 5.79. The van der Waals surface area contributed by atoms with Gasteiger partial charge in [0.1, 0.15) is 0 Å². The Labute approximate surface area is 153 Å². The van der Waals surface area contributed by atoms with Crippen molar-refractivity contribution in [3.05, 3.63) is 52.8 Å². The van der Waals surface area contributed by atoms with Crippen LogP contribution in [0.3, 0.4) is 0 Å². The van der Waals surface area contributed by atoms with Crippen molar-refractivity contribution < 1.29 is 22.7 Å². The molecule has 9 heteroatoms. The predicted octanol–water partition coefficient (Wildman–Crippen LogP) is 4.26. The van der Waals surface area contributed by atoms with E-state index in [1.807, 2.05) is 0 Å². The van der Waals surface area contributed by atoms with Crippen molar-refractivity contribution in [3.8, 4) is 0 Å². The number of halogens is 4. The van der Waals surface area contributed by atoms with E-state index in [9.17, 15) is 18.0 Å². The minimum absolute atomic E-state index is 0.0703. The number of aromatic nitrogens is 1. The number of ether oxygens (including phenoxy) is 1. The molecule has 0 unspecified atom stereocenters. The predicted molar refractivity (Wildman–Crippen MR) is 92.8 cm³/mol. The lowest BCUT2D eigenvalue weighted by Gasteiger charge is -2.13. The number of methoxy groups -OCH3 is 1. The summed E-state index contributed by atoms with van der Waals surface area (Å²) in [5.74, 6) is -0.340. The lowest BCUT2D eigenvalue weighted by Crippen LogP contribution is -2.25. The number of hydrogen-bond acceptors (Lipinski definition) is 4. The number of rotatable bonds is 7. The fourth-order valence-corrected chi connectivity index (χ4v) is 2.27. The van der Waals surface area contributed by atoms with Crippen molar-refractivity contribution in [2.24, 2.45) is 0 Å². The van der Waals surface area contributed by atoms with Gasteiger partial charge < -0.3 is 15.4 Å². The molecule has 0 saturated carbocycles. The Morgan fingerprint density at radius 3 is 2.73 bits per heavy atom. The third-order valence-corrected chi connectivity index (χ3v) is 3.71. The Kier molecular flexibility index (Phi) is 6.82. The molecule has 0 fully saturated rings. The molecule has 1 aromatic heterocycles. The minimum atomic E-state index is -4.48. The van der Waals surface area contributed by atoms with Gasteiger partial charge >= 0.3 is 6.18 Å². The summed E-state index contributed by atoms with van der Waals surface area (Å²) in [7, 11) is 1.57. The first-order chi connectivity index (χ1) is 12.3. The Bertz CT molecular complexity index is 769. The summed E-state index contributed by atoms with van der Waals surface area (Å²) in [5.41, 5.74) is -0.142. The van der Waals surface area contributed by atoms with E-state index in [0.717, 1.165) is 18.2 Å². The molecule has 2 N–H and O–H groups in total. The van der Waals surface area contributed by atoms with Gasteiger partial charge in [-0.05, 0) is 30.7 Å². The first kappa shape index (κ1) is 20.0. The number of hydrogen-bond donors (Lipinski definition) is 2. The van der Waals surface area contributed by atoms with Gasteiger partial charge in [-0.15, -0.1) is 0 Å². The zero-order chi connectivity index (χ0) is 19.2. The fraction of sp³-hybridized carbons (Fsp3) is 0.294. The van der Waals surface area contributed by atoms with Crippen molar-refractivity contribution in [3.63, 3.8) is 0 Å². The van der Waals surface area contributed by atoms with Gasteiger partial charge in [-0.2, -0.15) is 13.2 Å². The Morgan fingerprint density at radius 2 is 2.04 bits per heavy atom. The first-order valence-corrected chi connectivity index (χ1v) is 8.05. The minimum Gasteiger partial charge on any atom is -0.385 e. The highest BCUT2D eigenvalue weighted by atomic mass is 35.5. The Balaban J connectivity index is 2.12. The van der Waals surface area contributed by atoms with Crippen LogP contribution in [0.2, 0.25) is 5.02 Å². The molecule has 1 amide bonds. The fourth-order valence-electron chi connectivity index (χ4n) is 2.11. The van der Waals surface area contributed by atoms with Gasteiger partial charge in [0.05, 0.1) is 33.7 Å². The van der Waals surface area contributed by atoms with Crippen LogP contribution in [0.4, 0.5) is 24.5 Å². The zero-order valence-corrected chi connectivity index (χ0v) is 14.6. The summed E-state index contributed by atoms with van der Waals surface area (Å²) in [4.78, 5) is 16.0. The summed E-state index contributed by atoms with van der Waals surface area (Å²) < 4.78 is 43.4. The van der Waals surface area contributed by atoms with Crippen molar-refractivity contribution in [1.29, 1.82) is 0 Å². The lowest BCUT2D eigenvalue weighted by atomic mass is 10.2. The summed E-state index contributed by atoms with van der Waals surface area (Å²) in [6.07, 6.45) is -1.07. The second-order valence-electron chi connectivity index (χ2n) is 5.38. The maximum absolute atomic E-state index is 12.8. The molecule has 0 aliphatic rings. The zero-order valence-electron chi connectivity index (χ0n) is 13.9. The molecule has 0 aliphatic heterocycles. The molecular formula is C17H17ClF3N3O2. The molecule has 0 spiro atoms. The molecule has 2 aromatic rings. The average molecular weight is 388 g/mol. The number of pyridine rings is 1. The van der Waals surface area contributed by atoms with Gasteiger partial charge in [-0.3, -0.25) is 9.78 Å². The van der Waals surface area contributed by atoms with Gasteiger partial charge in [-0.25, -0.2) is 0 Å². The monoisotopic (exact) mass is 387 g/mol. The maximum Gasteiger partial charge on any atom is 0.416 e. The number of alkyl halides is 3. The van der Waals surface area contributed by atoms with E-state index >= 15 is 0 Å². The molecule has 2 rings (SSSR count). The van der Waals surface area contributed by atoms with Crippen molar-refractivity contribution in [2.45, 2.75) is 12.6 Å². The number of carbonyl (C=O) groups excluding carboxylic acids is 1. The number of carbonyl (C=O) groups is 1. The molecule has 0 aliphatic carbocycles. The van der Waals surface area contributed by atoms with Crippen LogP contribution >= 0.6 is 11.6 Å². The molecule has 0 saturated heterocycles. The number of anilines is 2. The van der Waals surface area contributed by atoms with E-state index in [2.05, 4.69) is 15.6 Å². The number of nitrogens with one attached hydrogen (secondary N) is 2. The van der Waals surface area contributed by atoms with Crippen LogP contribution in [-0.2, 0) is 10.9 Å². The third kappa shape index (κ3) is 5.60. The molecule has 0 atom stereocenters. The van der Waals surface area contributed by atoms with Gasteiger partial charge in [0.25, 0.3) is 5.91 Å². The molecule has 140 valence electrons. The van der Waals surface area contributed by atoms with Crippen LogP contribution in [0.5, 0.6) is 0 Å². The van der Waals surface area contributed by atoms with Crippen molar-refractivity contribution >= 4 is 28.9 Å². The van der Waals surface area contributed by atoms with Crippen LogP contribution in [0.15, 0.2) is 36.7 Å². The van der Waals surface area contributed by atoms with Crippen LogP contribution in [0, 0.1) is 0 Å². The Morgan fingerprint density at radius 1 is 1.27 bits per heavy atom. The van der Waals surface area contributed by atoms with Crippen molar-refractivity contribution in [2.75, 3.05) is 25.6 Å². The normalized spacial score (nSPS) is 11.3. The van der Waals surface area contributed by atoms with Gasteiger partial charge in [0, 0.05) is 26.5 Å². The molecule has 26 heavy (non-hydrogen) atoms. The van der Waals surface area contributed by atoms with Crippen LogP contribution < -0.4 is 10.6 Å². The smallest absolute Gasteiger partial charge is 0.385 e. The summed E-state index contributed by atoms with van der Waals surface area (Å²) in [6.45, 7) is 0.956. The van der Waals surface area contributed by atoms with E-state index < -0.39 is 11.7 Å². The highest BCUT2D eigenvalue weighted by molar-refractivity contribution is 6.33. The van der Waals surface area contributed by atoms with Crippen LogP contribution in [-0.4, -0.2) is 31.2 Å². The van der Waals surface area contributed by atoms with E-state index in [1.54, 1.807) is 7.11 Å². The van der Waals surface area contributed by atoms with E-state index in [0.29, 0.717) is 25.3 Å². The third-order valence-electron chi connectivity index (χ3n) is 3.38.